The highest BCUT2D eigenvalue weighted by Gasteiger charge is 2.27. The molecule has 0 unspecified atom stereocenters. The topological polar surface area (TPSA) is 73.7 Å². The van der Waals surface area contributed by atoms with Crippen molar-refractivity contribution in [3.63, 3.8) is 0 Å². The molecule has 0 aromatic carbocycles. The molecule has 0 atom stereocenters. The van der Waals surface area contributed by atoms with Gasteiger partial charge in [0.1, 0.15) is 5.82 Å². The molecule has 6 heteroatoms. The summed E-state index contributed by atoms with van der Waals surface area (Å²) in [5, 5.41) is 18.2. The Labute approximate surface area is 116 Å². The van der Waals surface area contributed by atoms with E-state index in [1.807, 2.05) is 0 Å². The SMILES string of the molecule is O=C(O)c1cnc(N(CCCO)C2CCC2)c(Cl)c1. The Morgan fingerprint density at radius 2 is 2.26 bits per heavy atom. The van der Waals surface area contributed by atoms with Gasteiger partial charge < -0.3 is 15.1 Å². The summed E-state index contributed by atoms with van der Waals surface area (Å²) in [5.41, 5.74) is 0.0875. The van der Waals surface area contributed by atoms with Gasteiger partial charge in [0.05, 0.1) is 10.6 Å². The average Bonchev–Trinajstić information content (AvgIpc) is 2.32. The Morgan fingerprint density at radius 1 is 1.53 bits per heavy atom. The van der Waals surface area contributed by atoms with E-state index in [1.165, 1.54) is 18.7 Å². The molecule has 2 N–H and O–H groups in total. The third-order valence-corrected chi connectivity index (χ3v) is 3.69. The second kappa shape index (κ2) is 6.21. The van der Waals surface area contributed by atoms with E-state index in [-0.39, 0.29) is 12.2 Å². The largest absolute Gasteiger partial charge is 0.478 e. The number of hydrogen-bond acceptors (Lipinski definition) is 4. The van der Waals surface area contributed by atoms with Crippen LogP contribution in [0.5, 0.6) is 0 Å². The number of aliphatic hydroxyl groups excluding tert-OH is 1. The average molecular weight is 285 g/mol. The normalized spacial score (nSPS) is 15.1. The van der Waals surface area contributed by atoms with Gasteiger partial charge in [-0.3, -0.25) is 0 Å². The molecule has 0 spiro atoms. The fourth-order valence-electron chi connectivity index (χ4n) is 2.16. The number of carboxylic acid groups (broad SMARTS) is 1. The van der Waals surface area contributed by atoms with Gasteiger partial charge in [-0.05, 0) is 31.7 Å². The molecule has 0 amide bonds. The predicted octanol–water partition coefficient (Wildman–Crippen LogP) is 2.17. The Bertz CT molecular complexity index is 463. The van der Waals surface area contributed by atoms with Crippen LogP contribution in [0.25, 0.3) is 0 Å². The van der Waals surface area contributed by atoms with Crippen LogP contribution >= 0.6 is 11.6 Å². The van der Waals surface area contributed by atoms with Gasteiger partial charge in [0.2, 0.25) is 0 Å². The number of pyridine rings is 1. The predicted molar refractivity (Wildman–Crippen MR) is 72.9 cm³/mol. The molecule has 1 aliphatic rings. The summed E-state index contributed by atoms with van der Waals surface area (Å²) in [7, 11) is 0. The monoisotopic (exact) mass is 284 g/mol. The molecule has 1 fully saturated rings. The number of hydrogen-bond donors (Lipinski definition) is 2. The molecule has 0 aliphatic heterocycles. The minimum absolute atomic E-state index is 0.0875. The summed E-state index contributed by atoms with van der Waals surface area (Å²) in [6.07, 6.45) is 5.34. The molecule has 0 radical (unpaired) electrons. The number of carbonyl (C=O) groups is 1. The zero-order valence-electron chi connectivity index (χ0n) is 10.5. The molecule has 19 heavy (non-hydrogen) atoms. The first kappa shape index (κ1) is 14.1. The number of halogens is 1. The lowest BCUT2D eigenvalue weighted by atomic mass is 9.91. The molecule has 2 rings (SSSR count). The van der Waals surface area contributed by atoms with Crippen molar-refractivity contribution < 1.29 is 15.0 Å². The first-order valence-electron chi connectivity index (χ1n) is 6.40. The zero-order valence-corrected chi connectivity index (χ0v) is 11.3. The molecule has 104 valence electrons. The number of nitrogens with zero attached hydrogens (tertiary/aromatic N) is 2. The van der Waals surface area contributed by atoms with E-state index in [0.717, 1.165) is 12.8 Å². The van der Waals surface area contributed by atoms with Gasteiger partial charge in [0, 0.05) is 25.4 Å². The number of aliphatic hydroxyl groups is 1. The maximum absolute atomic E-state index is 10.9. The smallest absolute Gasteiger partial charge is 0.337 e. The number of aromatic carboxylic acids is 1. The summed E-state index contributed by atoms with van der Waals surface area (Å²) in [6.45, 7) is 0.800. The molecule has 1 aromatic rings. The van der Waals surface area contributed by atoms with Gasteiger partial charge in [-0.25, -0.2) is 9.78 Å². The van der Waals surface area contributed by atoms with Crippen LogP contribution in [0.4, 0.5) is 5.82 Å². The number of carboxylic acids is 1. The lowest BCUT2D eigenvalue weighted by Crippen LogP contribution is -2.41. The summed E-state index contributed by atoms with van der Waals surface area (Å²) in [6, 6.07) is 1.82. The van der Waals surface area contributed by atoms with Gasteiger partial charge in [-0.15, -0.1) is 0 Å². The van der Waals surface area contributed by atoms with Crippen molar-refractivity contribution in [1.29, 1.82) is 0 Å². The fourth-order valence-corrected chi connectivity index (χ4v) is 2.43. The van der Waals surface area contributed by atoms with Crippen LogP contribution in [0.15, 0.2) is 12.3 Å². The van der Waals surface area contributed by atoms with E-state index in [1.54, 1.807) is 0 Å². The van der Waals surface area contributed by atoms with Crippen molar-refractivity contribution in [2.45, 2.75) is 31.7 Å². The van der Waals surface area contributed by atoms with Crippen molar-refractivity contribution in [3.05, 3.63) is 22.8 Å². The highest BCUT2D eigenvalue weighted by molar-refractivity contribution is 6.33. The maximum Gasteiger partial charge on any atom is 0.337 e. The van der Waals surface area contributed by atoms with Crippen LogP contribution in [0.2, 0.25) is 5.02 Å². The first-order valence-corrected chi connectivity index (χ1v) is 6.77. The zero-order chi connectivity index (χ0) is 13.8. The molecular weight excluding hydrogens is 268 g/mol. The summed E-state index contributed by atoms with van der Waals surface area (Å²) in [5.74, 6) is -0.420. The second-order valence-corrected chi connectivity index (χ2v) is 5.10. The lowest BCUT2D eigenvalue weighted by Gasteiger charge is -2.38. The molecule has 1 aliphatic carbocycles. The Kier molecular flexibility index (Phi) is 4.61. The van der Waals surface area contributed by atoms with Crippen molar-refractivity contribution >= 4 is 23.4 Å². The fraction of sp³-hybridized carbons (Fsp3) is 0.538. The van der Waals surface area contributed by atoms with E-state index >= 15 is 0 Å². The van der Waals surface area contributed by atoms with Gasteiger partial charge in [-0.1, -0.05) is 11.6 Å². The molecule has 1 aromatic heterocycles. The van der Waals surface area contributed by atoms with Crippen molar-refractivity contribution in [2.75, 3.05) is 18.1 Å². The van der Waals surface area contributed by atoms with Gasteiger partial charge >= 0.3 is 5.97 Å². The van der Waals surface area contributed by atoms with Crippen LogP contribution in [-0.2, 0) is 0 Å². The molecular formula is C13H17ClN2O3. The Hall–Kier alpha value is -1.33. The Morgan fingerprint density at radius 3 is 2.74 bits per heavy atom. The summed E-state index contributed by atoms with van der Waals surface area (Å²) >= 11 is 6.14. The number of aromatic nitrogens is 1. The molecule has 1 heterocycles. The van der Waals surface area contributed by atoms with Crippen molar-refractivity contribution in [1.82, 2.24) is 4.98 Å². The second-order valence-electron chi connectivity index (χ2n) is 4.69. The van der Waals surface area contributed by atoms with Gasteiger partial charge in [-0.2, -0.15) is 0 Å². The highest BCUT2D eigenvalue weighted by Crippen LogP contribution is 2.32. The summed E-state index contributed by atoms with van der Waals surface area (Å²) < 4.78 is 0. The third kappa shape index (κ3) is 3.16. The standard InChI is InChI=1S/C13H17ClN2O3/c14-11-7-9(13(18)19)8-15-12(11)16(5-2-6-17)10-3-1-4-10/h7-8,10,17H,1-6H2,(H,18,19). The molecule has 1 saturated carbocycles. The maximum atomic E-state index is 10.9. The number of rotatable bonds is 6. The highest BCUT2D eigenvalue weighted by atomic mass is 35.5. The third-order valence-electron chi connectivity index (χ3n) is 3.41. The van der Waals surface area contributed by atoms with Crippen LogP contribution in [-0.4, -0.2) is 40.4 Å². The number of anilines is 1. The van der Waals surface area contributed by atoms with Gasteiger partial charge in [0.15, 0.2) is 0 Å². The minimum Gasteiger partial charge on any atom is -0.478 e. The van der Waals surface area contributed by atoms with E-state index in [9.17, 15) is 4.79 Å². The molecule has 0 saturated heterocycles. The van der Waals surface area contributed by atoms with Crippen molar-refractivity contribution in [2.24, 2.45) is 0 Å². The van der Waals surface area contributed by atoms with Crippen LogP contribution in [0.1, 0.15) is 36.0 Å². The lowest BCUT2D eigenvalue weighted by molar-refractivity contribution is 0.0696. The first-order chi connectivity index (χ1) is 9.13. The Balaban J connectivity index is 2.22. The van der Waals surface area contributed by atoms with E-state index in [4.69, 9.17) is 21.8 Å². The van der Waals surface area contributed by atoms with Gasteiger partial charge in [0.25, 0.3) is 0 Å². The van der Waals surface area contributed by atoms with E-state index in [0.29, 0.717) is 29.8 Å². The van der Waals surface area contributed by atoms with Crippen LogP contribution in [0, 0.1) is 0 Å². The molecule has 0 bridgehead atoms. The quantitative estimate of drug-likeness (QED) is 0.837. The van der Waals surface area contributed by atoms with Crippen LogP contribution in [0.3, 0.4) is 0 Å². The minimum atomic E-state index is -1.04. The van der Waals surface area contributed by atoms with Crippen molar-refractivity contribution in [3.8, 4) is 0 Å². The van der Waals surface area contributed by atoms with E-state index < -0.39 is 5.97 Å². The molecule has 5 nitrogen and oxygen atoms in total. The van der Waals surface area contributed by atoms with E-state index in [2.05, 4.69) is 9.88 Å². The summed E-state index contributed by atoms with van der Waals surface area (Å²) in [4.78, 5) is 17.1. The van der Waals surface area contributed by atoms with Crippen LogP contribution < -0.4 is 4.90 Å².